The number of hydrogen-bond donors (Lipinski definition) is 2. The third-order valence-corrected chi connectivity index (χ3v) is 5.79. The summed E-state index contributed by atoms with van der Waals surface area (Å²) in [5, 5.41) is 6.87. The van der Waals surface area contributed by atoms with Gasteiger partial charge in [-0.1, -0.05) is 13.0 Å². The van der Waals surface area contributed by atoms with Crippen molar-refractivity contribution in [2.75, 3.05) is 33.8 Å². The van der Waals surface area contributed by atoms with Gasteiger partial charge in [-0.05, 0) is 64.3 Å². The largest absolute Gasteiger partial charge is 0.492 e. The molecule has 0 bridgehead atoms. The molecule has 6 heteroatoms. The number of allylic oxidation sites excluding steroid dienone is 4. The van der Waals surface area contributed by atoms with Crippen LogP contribution in [0.25, 0.3) is 0 Å². The summed E-state index contributed by atoms with van der Waals surface area (Å²) in [5.41, 5.74) is 4.51. The average Bonchev–Trinajstić information content (AvgIpc) is 2.72. The second-order valence-electron chi connectivity index (χ2n) is 8.29. The van der Waals surface area contributed by atoms with Gasteiger partial charge in [0.1, 0.15) is 17.6 Å². The van der Waals surface area contributed by atoms with Gasteiger partial charge in [-0.3, -0.25) is 4.99 Å². The van der Waals surface area contributed by atoms with Crippen LogP contribution >= 0.6 is 0 Å². The normalized spacial score (nSPS) is 23.5. The predicted molar refractivity (Wildman–Crippen MR) is 128 cm³/mol. The SMILES string of the molecule is CC/C=C(/OCC)C1=NC=CC(NC)/C1=C\NCC1=CC(C)=C(OC2CCC2)N(C)C1. The molecule has 0 saturated heterocycles. The van der Waals surface area contributed by atoms with Gasteiger partial charge in [0.2, 0.25) is 0 Å². The fourth-order valence-electron chi connectivity index (χ4n) is 4.03. The van der Waals surface area contributed by atoms with E-state index in [9.17, 15) is 0 Å². The molecule has 1 aliphatic carbocycles. The smallest absolute Gasteiger partial charge is 0.192 e. The van der Waals surface area contributed by atoms with Gasteiger partial charge < -0.3 is 25.0 Å². The third kappa shape index (κ3) is 5.82. The lowest BCUT2D eigenvalue weighted by Gasteiger charge is -2.35. The summed E-state index contributed by atoms with van der Waals surface area (Å²) in [6.07, 6.45) is 15.3. The highest BCUT2D eigenvalue weighted by Crippen LogP contribution is 2.29. The van der Waals surface area contributed by atoms with Crippen molar-refractivity contribution in [1.29, 1.82) is 0 Å². The maximum atomic E-state index is 6.19. The van der Waals surface area contributed by atoms with Gasteiger partial charge in [0.15, 0.2) is 5.88 Å². The Labute approximate surface area is 187 Å². The number of likely N-dealkylation sites (N-methyl/N-ethyl adjacent to an activating group) is 2. The minimum absolute atomic E-state index is 0.0906. The van der Waals surface area contributed by atoms with E-state index in [0.29, 0.717) is 12.7 Å². The Balaban J connectivity index is 1.71. The van der Waals surface area contributed by atoms with Gasteiger partial charge in [0, 0.05) is 43.7 Å². The van der Waals surface area contributed by atoms with Gasteiger partial charge in [0.25, 0.3) is 0 Å². The van der Waals surface area contributed by atoms with Crippen LogP contribution in [0.2, 0.25) is 0 Å². The molecule has 0 aromatic carbocycles. The van der Waals surface area contributed by atoms with Crippen molar-refractivity contribution in [2.45, 2.75) is 58.6 Å². The van der Waals surface area contributed by atoms with E-state index in [1.807, 2.05) is 20.2 Å². The Morgan fingerprint density at radius 1 is 1.32 bits per heavy atom. The van der Waals surface area contributed by atoms with Gasteiger partial charge in [-0.25, -0.2) is 0 Å². The van der Waals surface area contributed by atoms with E-state index in [4.69, 9.17) is 9.47 Å². The first kappa shape index (κ1) is 23.2. The third-order valence-electron chi connectivity index (χ3n) is 5.79. The summed E-state index contributed by atoms with van der Waals surface area (Å²) in [4.78, 5) is 6.86. The van der Waals surface area contributed by atoms with E-state index in [1.54, 1.807) is 0 Å². The highest BCUT2D eigenvalue weighted by Gasteiger charge is 2.25. The molecule has 0 radical (unpaired) electrons. The van der Waals surface area contributed by atoms with Crippen LogP contribution < -0.4 is 10.6 Å². The van der Waals surface area contributed by atoms with E-state index in [1.165, 1.54) is 30.4 Å². The average molecular weight is 427 g/mol. The highest BCUT2D eigenvalue weighted by molar-refractivity contribution is 6.13. The van der Waals surface area contributed by atoms with Crippen molar-refractivity contribution in [2.24, 2.45) is 4.99 Å². The molecule has 3 rings (SSSR count). The van der Waals surface area contributed by atoms with Gasteiger partial charge in [-0.2, -0.15) is 0 Å². The summed E-state index contributed by atoms with van der Waals surface area (Å²) >= 11 is 0. The zero-order valence-electron chi connectivity index (χ0n) is 19.7. The molecule has 2 aliphatic heterocycles. The van der Waals surface area contributed by atoms with Crippen LogP contribution in [0, 0.1) is 0 Å². The molecule has 170 valence electrons. The lowest BCUT2D eigenvalue weighted by Crippen LogP contribution is -2.35. The van der Waals surface area contributed by atoms with E-state index in [0.717, 1.165) is 42.4 Å². The Morgan fingerprint density at radius 3 is 2.74 bits per heavy atom. The maximum Gasteiger partial charge on any atom is 0.192 e. The fraction of sp³-hybridized carbons (Fsp3) is 0.560. The first-order valence-electron chi connectivity index (χ1n) is 11.5. The van der Waals surface area contributed by atoms with Crippen LogP contribution in [0.3, 0.4) is 0 Å². The zero-order chi connectivity index (χ0) is 22.2. The zero-order valence-corrected chi connectivity index (χ0v) is 19.7. The monoisotopic (exact) mass is 426 g/mol. The van der Waals surface area contributed by atoms with Crippen LogP contribution in [0.5, 0.6) is 0 Å². The summed E-state index contributed by atoms with van der Waals surface area (Å²) < 4.78 is 12.1. The molecule has 1 fully saturated rings. The van der Waals surface area contributed by atoms with Crippen LogP contribution in [-0.2, 0) is 9.47 Å². The van der Waals surface area contributed by atoms with E-state index in [2.05, 4.69) is 65.8 Å². The lowest BCUT2D eigenvalue weighted by molar-refractivity contribution is 0.0112. The number of rotatable bonds is 10. The Hall–Kier alpha value is -2.47. The van der Waals surface area contributed by atoms with Crippen molar-refractivity contribution >= 4 is 5.71 Å². The molecule has 2 N–H and O–H groups in total. The van der Waals surface area contributed by atoms with Gasteiger partial charge in [0.05, 0.1) is 12.6 Å². The van der Waals surface area contributed by atoms with Gasteiger partial charge >= 0.3 is 0 Å². The summed E-state index contributed by atoms with van der Waals surface area (Å²) in [7, 11) is 4.08. The van der Waals surface area contributed by atoms with E-state index < -0.39 is 0 Å². The Bertz CT molecular complexity index is 815. The lowest BCUT2D eigenvalue weighted by atomic mass is 9.96. The molecule has 3 aliphatic rings. The first-order chi connectivity index (χ1) is 15.1. The van der Waals surface area contributed by atoms with Crippen molar-refractivity contribution in [3.8, 4) is 0 Å². The van der Waals surface area contributed by atoms with Crippen LogP contribution in [0.15, 0.2) is 64.0 Å². The first-order valence-corrected chi connectivity index (χ1v) is 11.5. The second kappa shape index (κ2) is 11.2. The topological polar surface area (TPSA) is 58.1 Å². The van der Waals surface area contributed by atoms with Crippen LogP contribution in [0.1, 0.15) is 46.5 Å². The molecule has 1 saturated carbocycles. The molecule has 0 aromatic heterocycles. The van der Waals surface area contributed by atoms with Crippen LogP contribution in [0.4, 0.5) is 0 Å². The predicted octanol–water partition coefficient (Wildman–Crippen LogP) is 4.02. The quantitative estimate of drug-likeness (QED) is 0.517. The van der Waals surface area contributed by atoms with Gasteiger partial charge in [-0.15, -0.1) is 0 Å². The highest BCUT2D eigenvalue weighted by atomic mass is 16.5. The van der Waals surface area contributed by atoms with Crippen molar-refractivity contribution < 1.29 is 9.47 Å². The number of aliphatic imine (C=N–C) groups is 1. The minimum Gasteiger partial charge on any atom is -0.492 e. The minimum atomic E-state index is 0.0906. The Kier molecular flexibility index (Phi) is 8.41. The molecule has 2 heterocycles. The van der Waals surface area contributed by atoms with E-state index in [-0.39, 0.29) is 6.04 Å². The second-order valence-corrected chi connectivity index (χ2v) is 8.29. The molecule has 0 spiro atoms. The fourth-order valence-corrected chi connectivity index (χ4v) is 4.03. The van der Waals surface area contributed by atoms with Crippen molar-refractivity contribution in [3.63, 3.8) is 0 Å². The Morgan fingerprint density at radius 2 is 2.13 bits per heavy atom. The number of hydrogen-bond acceptors (Lipinski definition) is 6. The molecular weight excluding hydrogens is 388 g/mol. The standard InChI is InChI=1S/C25H38N4O2/c1-6-9-23(30-7-2)24-21(22(26-4)12-13-28-24)16-27-15-19-14-18(3)25(29(5)17-19)31-20-10-8-11-20/h9,12-14,16,20,22,26-27H,6-8,10-11,15,17H2,1-5H3/b21-16+,23-9+. The molecular formula is C25H38N4O2. The summed E-state index contributed by atoms with van der Waals surface area (Å²) in [6.45, 7) is 8.52. The van der Waals surface area contributed by atoms with E-state index >= 15 is 0 Å². The number of ether oxygens (including phenoxy) is 2. The molecule has 6 nitrogen and oxygen atoms in total. The van der Waals surface area contributed by atoms with Crippen molar-refractivity contribution in [3.05, 3.63) is 59.0 Å². The van der Waals surface area contributed by atoms with Crippen molar-refractivity contribution in [1.82, 2.24) is 15.5 Å². The summed E-state index contributed by atoms with van der Waals surface area (Å²) in [6, 6.07) is 0.0906. The summed E-state index contributed by atoms with van der Waals surface area (Å²) in [5.74, 6) is 1.87. The molecule has 0 amide bonds. The molecule has 0 aromatic rings. The molecule has 1 unspecified atom stereocenters. The maximum absolute atomic E-state index is 6.19. The van der Waals surface area contributed by atoms with Crippen LogP contribution in [-0.4, -0.2) is 56.5 Å². The molecule has 31 heavy (non-hydrogen) atoms. The number of nitrogens with one attached hydrogen (secondary N) is 2. The number of nitrogens with zero attached hydrogens (tertiary/aromatic N) is 2. The molecule has 1 atom stereocenters.